The quantitative estimate of drug-likeness (QED) is 0.874. The molecule has 1 aliphatic rings. The Kier molecular flexibility index (Phi) is 4.14. The van der Waals surface area contributed by atoms with Crippen molar-refractivity contribution in [3.63, 3.8) is 0 Å². The number of thioether (sulfide) groups is 1. The summed E-state index contributed by atoms with van der Waals surface area (Å²) in [4.78, 5) is 25.2. The summed E-state index contributed by atoms with van der Waals surface area (Å²) in [6.07, 6.45) is 1.71. The van der Waals surface area contributed by atoms with Crippen LogP contribution in [-0.4, -0.2) is 49.2 Å². The van der Waals surface area contributed by atoms with Crippen LogP contribution < -0.4 is 0 Å². The van der Waals surface area contributed by atoms with Gasteiger partial charge in [-0.05, 0) is 19.4 Å². The molecule has 2 N–H and O–H groups in total. The standard InChI is InChI=1S/C12H17N3O3S/c1-3-4-10-15(9(6-19-10)12(17)18)11(16)8-5-7(2)13-14-8/h5,9-10H,3-4,6H2,1-2H3,(H,13,14)(H,17,18). The van der Waals surface area contributed by atoms with E-state index in [-0.39, 0.29) is 17.0 Å². The molecule has 0 aliphatic carbocycles. The summed E-state index contributed by atoms with van der Waals surface area (Å²) < 4.78 is 0. The number of hydrogen-bond acceptors (Lipinski definition) is 4. The number of amides is 1. The van der Waals surface area contributed by atoms with Crippen molar-refractivity contribution in [3.8, 4) is 0 Å². The van der Waals surface area contributed by atoms with Crippen molar-refractivity contribution in [2.45, 2.75) is 38.1 Å². The number of hydrogen-bond donors (Lipinski definition) is 2. The van der Waals surface area contributed by atoms with E-state index in [1.165, 1.54) is 16.7 Å². The summed E-state index contributed by atoms with van der Waals surface area (Å²) in [6.45, 7) is 3.83. The van der Waals surface area contributed by atoms with E-state index >= 15 is 0 Å². The summed E-state index contributed by atoms with van der Waals surface area (Å²) >= 11 is 1.53. The maximum atomic E-state index is 12.4. The number of rotatable bonds is 4. The van der Waals surface area contributed by atoms with E-state index in [0.717, 1.165) is 18.5 Å². The second-order valence-corrected chi connectivity index (χ2v) is 5.79. The smallest absolute Gasteiger partial charge is 0.327 e. The first-order valence-corrected chi connectivity index (χ1v) is 7.28. The maximum Gasteiger partial charge on any atom is 0.327 e. The number of aromatic amines is 1. The predicted octanol–water partition coefficient (Wildman–Crippen LogP) is 1.49. The molecule has 2 rings (SSSR count). The number of nitrogens with one attached hydrogen (secondary N) is 1. The molecule has 0 saturated carbocycles. The largest absolute Gasteiger partial charge is 0.480 e. The highest BCUT2D eigenvalue weighted by molar-refractivity contribution is 8.00. The van der Waals surface area contributed by atoms with Gasteiger partial charge in [0, 0.05) is 11.4 Å². The fourth-order valence-electron chi connectivity index (χ4n) is 2.16. The van der Waals surface area contributed by atoms with Crippen LogP contribution >= 0.6 is 11.8 Å². The molecule has 1 aromatic rings. The predicted molar refractivity (Wildman–Crippen MR) is 72.1 cm³/mol. The number of carboxylic acids is 1. The molecule has 1 amide bonds. The summed E-state index contributed by atoms with van der Waals surface area (Å²) in [5.41, 5.74) is 1.07. The number of carbonyl (C=O) groups excluding carboxylic acids is 1. The molecule has 1 fully saturated rings. The van der Waals surface area contributed by atoms with Gasteiger partial charge in [-0.2, -0.15) is 5.10 Å². The summed E-state index contributed by atoms with van der Waals surface area (Å²) in [7, 11) is 0. The minimum atomic E-state index is -0.952. The first kappa shape index (κ1) is 13.9. The SMILES string of the molecule is CCCC1SCC(C(=O)O)N1C(=O)c1cc(C)[nH]n1. The number of aliphatic carboxylic acids is 1. The van der Waals surface area contributed by atoms with Gasteiger partial charge in [-0.25, -0.2) is 4.79 Å². The lowest BCUT2D eigenvalue weighted by Gasteiger charge is -2.26. The van der Waals surface area contributed by atoms with Gasteiger partial charge in [0.15, 0.2) is 0 Å². The monoisotopic (exact) mass is 283 g/mol. The normalized spacial score (nSPS) is 22.7. The highest BCUT2D eigenvalue weighted by Crippen LogP contribution is 2.33. The highest BCUT2D eigenvalue weighted by atomic mass is 32.2. The lowest BCUT2D eigenvalue weighted by atomic mass is 10.2. The first-order chi connectivity index (χ1) is 9.04. The van der Waals surface area contributed by atoms with Crippen molar-refractivity contribution < 1.29 is 14.7 Å². The number of carboxylic acid groups (broad SMARTS) is 1. The van der Waals surface area contributed by atoms with E-state index in [1.807, 2.05) is 6.92 Å². The topological polar surface area (TPSA) is 86.3 Å². The van der Waals surface area contributed by atoms with E-state index in [4.69, 9.17) is 0 Å². The zero-order chi connectivity index (χ0) is 14.0. The van der Waals surface area contributed by atoms with E-state index in [1.54, 1.807) is 13.0 Å². The van der Waals surface area contributed by atoms with Crippen molar-refractivity contribution in [2.75, 3.05) is 5.75 Å². The fourth-order valence-corrected chi connectivity index (χ4v) is 3.67. The van der Waals surface area contributed by atoms with Crippen molar-refractivity contribution in [1.29, 1.82) is 0 Å². The van der Waals surface area contributed by atoms with Gasteiger partial charge in [0.1, 0.15) is 11.7 Å². The Morgan fingerprint density at radius 3 is 2.89 bits per heavy atom. The van der Waals surface area contributed by atoms with Crippen LogP contribution in [0.3, 0.4) is 0 Å². The van der Waals surface area contributed by atoms with Crippen molar-refractivity contribution in [3.05, 3.63) is 17.5 Å². The van der Waals surface area contributed by atoms with Gasteiger partial charge in [-0.1, -0.05) is 13.3 Å². The van der Waals surface area contributed by atoms with Crippen LogP contribution in [0.1, 0.15) is 35.9 Å². The average Bonchev–Trinajstić information content (AvgIpc) is 2.95. The molecular formula is C12H17N3O3S. The van der Waals surface area contributed by atoms with E-state index in [2.05, 4.69) is 10.2 Å². The molecule has 1 saturated heterocycles. The Morgan fingerprint density at radius 2 is 2.37 bits per heavy atom. The Labute approximate surface area is 115 Å². The van der Waals surface area contributed by atoms with Gasteiger partial charge in [-0.15, -0.1) is 11.8 Å². The second kappa shape index (κ2) is 5.64. The Balaban J connectivity index is 2.25. The number of aromatic nitrogens is 2. The number of H-pyrrole nitrogens is 1. The van der Waals surface area contributed by atoms with E-state index in [0.29, 0.717) is 5.75 Å². The molecule has 0 radical (unpaired) electrons. The van der Waals surface area contributed by atoms with Crippen LogP contribution in [0.2, 0.25) is 0 Å². The fraction of sp³-hybridized carbons (Fsp3) is 0.583. The van der Waals surface area contributed by atoms with Gasteiger partial charge in [0.2, 0.25) is 0 Å². The van der Waals surface area contributed by atoms with Crippen molar-refractivity contribution >= 4 is 23.6 Å². The summed E-state index contributed by atoms with van der Waals surface area (Å²) in [6, 6.07) is 0.888. The molecular weight excluding hydrogens is 266 g/mol. The molecule has 1 aliphatic heterocycles. The average molecular weight is 283 g/mol. The van der Waals surface area contributed by atoms with E-state index in [9.17, 15) is 14.7 Å². The van der Waals surface area contributed by atoms with Gasteiger partial charge < -0.3 is 10.0 Å². The van der Waals surface area contributed by atoms with Crippen molar-refractivity contribution in [1.82, 2.24) is 15.1 Å². The molecule has 19 heavy (non-hydrogen) atoms. The van der Waals surface area contributed by atoms with Gasteiger partial charge in [0.05, 0.1) is 5.37 Å². The molecule has 0 bridgehead atoms. The highest BCUT2D eigenvalue weighted by Gasteiger charge is 2.42. The zero-order valence-corrected chi connectivity index (χ0v) is 11.7. The van der Waals surface area contributed by atoms with Crippen LogP contribution in [0, 0.1) is 6.92 Å². The third-order valence-corrected chi connectivity index (χ3v) is 4.43. The molecule has 0 spiro atoms. The molecule has 7 heteroatoms. The molecule has 2 atom stereocenters. The minimum absolute atomic E-state index is 0.0735. The molecule has 2 heterocycles. The molecule has 0 aromatic carbocycles. The third-order valence-electron chi connectivity index (χ3n) is 3.07. The van der Waals surface area contributed by atoms with Crippen LogP contribution in [-0.2, 0) is 4.79 Å². The number of nitrogens with zero attached hydrogens (tertiary/aromatic N) is 2. The molecule has 2 unspecified atom stereocenters. The maximum absolute atomic E-state index is 12.4. The molecule has 1 aromatic heterocycles. The van der Waals surface area contributed by atoms with Crippen LogP contribution in [0.25, 0.3) is 0 Å². The van der Waals surface area contributed by atoms with E-state index < -0.39 is 12.0 Å². The second-order valence-electron chi connectivity index (χ2n) is 4.58. The number of carbonyl (C=O) groups is 2. The summed E-state index contributed by atoms with van der Waals surface area (Å²) in [5.74, 6) is -0.818. The lowest BCUT2D eigenvalue weighted by Crippen LogP contribution is -2.45. The van der Waals surface area contributed by atoms with Gasteiger partial charge in [-0.3, -0.25) is 9.89 Å². The van der Waals surface area contributed by atoms with Gasteiger partial charge >= 0.3 is 5.97 Å². The van der Waals surface area contributed by atoms with Crippen LogP contribution in [0.5, 0.6) is 0 Å². The Bertz CT molecular complexity index is 488. The number of aryl methyl sites for hydroxylation is 1. The molecule has 6 nitrogen and oxygen atoms in total. The summed E-state index contributed by atoms with van der Waals surface area (Å²) in [5, 5.41) is 15.8. The zero-order valence-electron chi connectivity index (χ0n) is 10.9. The first-order valence-electron chi connectivity index (χ1n) is 6.23. The third kappa shape index (κ3) is 2.75. The minimum Gasteiger partial charge on any atom is -0.480 e. The Hall–Kier alpha value is -1.50. The van der Waals surface area contributed by atoms with Crippen LogP contribution in [0.15, 0.2) is 6.07 Å². The lowest BCUT2D eigenvalue weighted by molar-refractivity contribution is -0.141. The van der Waals surface area contributed by atoms with Crippen LogP contribution in [0.4, 0.5) is 0 Å². The Morgan fingerprint density at radius 1 is 1.63 bits per heavy atom. The van der Waals surface area contributed by atoms with Gasteiger partial charge in [0.25, 0.3) is 5.91 Å². The molecule has 104 valence electrons. The van der Waals surface area contributed by atoms with Crippen molar-refractivity contribution in [2.24, 2.45) is 0 Å².